The fraction of sp³-hybridized carbons (Fsp3) is 0. The summed E-state index contributed by atoms with van der Waals surface area (Å²) in [6, 6.07) is 22.6. The lowest BCUT2D eigenvalue weighted by Gasteiger charge is -2.17. The minimum Gasteiger partial charge on any atom is -0.289 e. The van der Waals surface area contributed by atoms with Crippen LogP contribution in [0.1, 0.15) is 63.7 Å². The molecule has 4 heterocycles. The standard InChI is InChI=1S/2C18H6Br2O2S2/c19-15-3-7-1-9-11(5-13(7)23-15)18(22)10-2-8-4-16(20)24-14(8)6-12(10)17(9)21;19-15-3-7-1-9-11(5-13(7)23-15)18(22)12-6-14-8(4-16(20)24-14)2-10(12)17(9)21/h2*1-6H. The number of carbonyl (C=O) groups excluding carboxylic acids is 4. The predicted molar refractivity (Wildman–Crippen MR) is 212 cm³/mol. The Bertz CT molecular complexity index is 2260. The Morgan fingerprint density at radius 2 is 0.479 bits per heavy atom. The van der Waals surface area contributed by atoms with Crippen molar-refractivity contribution in [2.75, 3.05) is 0 Å². The third-order valence-corrected chi connectivity index (χ3v) is 14.9. The van der Waals surface area contributed by atoms with Gasteiger partial charge in [0.05, 0.1) is 15.1 Å². The lowest BCUT2D eigenvalue weighted by atomic mass is 9.83. The molecule has 0 aliphatic heterocycles. The van der Waals surface area contributed by atoms with E-state index >= 15 is 0 Å². The second-order valence-electron chi connectivity index (χ2n) is 11.3. The zero-order chi connectivity index (χ0) is 33.2. The number of fused-ring (bicyclic) bond motifs is 8. The number of ketones is 4. The molecule has 4 aromatic heterocycles. The van der Waals surface area contributed by atoms with E-state index < -0.39 is 0 Å². The van der Waals surface area contributed by atoms with E-state index in [-0.39, 0.29) is 23.1 Å². The molecule has 0 N–H and O–H groups in total. The van der Waals surface area contributed by atoms with Gasteiger partial charge in [0.2, 0.25) is 0 Å². The van der Waals surface area contributed by atoms with Crippen molar-refractivity contribution in [3.8, 4) is 0 Å². The molecule has 0 unspecified atom stereocenters. The predicted octanol–water partition coefficient (Wildman–Crippen LogP) is 12.8. The molecule has 12 heteroatoms. The first-order chi connectivity index (χ1) is 23.0. The number of hydrogen-bond acceptors (Lipinski definition) is 8. The van der Waals surface area contributed by atoms with E-state index in [1.165, 1.54) is 0 Å². The largest absolute Gasteiger partial charge is 0.289 e. The van der Waals surface area contributed by atoms with Crippen molar-refractivity contribution in [3.05, 3.63) is 132 Å². The van der Waals surface area contributed by atoms with Crippen molar-refractivity contribution < 1.29 is 19.2 Å². The van der Waals surface area contributed by atoms with Crippen molar-refractivity contribution >= 4 is 173 Å². The van der Waals surface area contributed by atoms with Gasteiger partial charge in [0.15, 0.2) is 23.1 Å². The van der Waals surface area contributed by atoms with Crippen LogP contribution in [-0.2, 0) is 0 Å². The Balaban J connectivity index is 0.000000131. The molecule has 0 bridgehead atoms. The highest BCUT2D eigenvalue weighted by molar-refractivity contribution is 9.11. The second kappa shape index (κ2) is 11.4. The molecule has 10 rings (SSSR count). The molecule has 0 radical (unpaired) electrons. The van der Waals surface area contributed by atoms with Crippen LogP contribution in [0.25, 0.3) is 40.3 Å². The smallest absolute Gasteiger partial charge is 0.194 e. The van der Waals surface area contributed by atoms with E-state index in [0.717, 1.165) is 55.5 Å². The Morgan fingerprint density at radius 3 is 0.688 bits per heavy atom. The third kappa shape index (κ3) is 4.94. The van der Waals surface area contributed by atoms with Crippen LogP contribution in [0.4, 0.5) is 0 Å². The van der Waals surface area contributed by atoms with E-state index in [2.05, 4.69) is 63.7 Å². The molecule has 0 amide bonds. The lowest BCUT2D eigenvalue weighted by Crippen LogP contribution is -2.20. The van der Waals surface area contributed by atoms with Gasteiger partial charge in [-0.3, -0.25) is 19.2 Å². The zero-order valence-electron chi connectivity index (χ0n) is 23.7. The molecular weight excluding hydrogens is 944 g/mol. The summed E-state index contributed by atoms with van der Waals surface area (Å²) >= 11 is 20.1. The molecule has 4 nitrogen and oxygen atoms in total. The van der Waals surface area contributed by atoms with Gasteiger partial charge in [-0.25, -0.2) is 0 Å². The van der Waals surface area contributed by atoms with Crippen molar-refractivity contribution in [3.63, 3.8) is 0 Å². The Kier molecular flexibility index (Phi) is 7.45. The quantitative estimate of drug-likeness (QED) is 0.152. The molecule has 0 atom stereocenters. The van der Waals surface area contributed by atoms with Gasteiger partial charge in [0.1, 0.15) is 0 Å². The maximum atomic E-state index is 13.0. The normalized spacial score (nSPS) is 13.6. The van der Waals surface area contributed by atoms with Crippen LogP contribution in [-0.4, -0.2) is 23.1 Å². The van der Waals surface area contributed by atoms with Crippen molar-refractivity contribution in [2.24, 2.45) is 0 Å². The van der Waals surface area contributed by atoms with Crippen LogP contribution < -0.4 is 0 Å². The molecule has 4 aromatic carbocycles. The maximum absolute atomic E-state index is 13.0. The highest BCUT2D eigenvalue weighted by atomic mass is 79.9. The molecule has 0 spiro atoms. The number of hydrogen-bond donors (Lipinski definition) is 0. The van der Waals surface area contributed by atoms with Gasteiger partial charge in [-0.05, 0) is 158 Å². The summed E-state index contributed by atoms with van der Waals surface area (Å²) in [5, 5.41) is 3.93. The second-order valence-corrected chi connectivity index (χ2v) is 21.1. The first-order valence-corrected chi connectivity index (χ1v) is 20.6. The van der Waals surface area contributed by atoms with Crippen LogP contribution in [0.15, 0.2) is 87.9 Å². The lowest BCUT2D eigenvalue weighted by molar-refractivity contribution is 0.0979. The van der Waals surface area contributed by atoms with E-state index in [1.54, 1.807) is 45.3 Å². The van der Waals surface area contributed by atoms with E-state index in [9.17, 15) is 19.2 Å². The SMILES string of the molecule is O=C1c2cc3cc(Br)sc3cc2C(=O)c2cc3cc(Br)sc3cc21.O=C1c2cc3cc(Br)sc3cc2C(=O)c2cc3sc(Br)cc3cc21. The molecule has 0 saturated heterocycles. The average Bonchev–Trinajstić information content (AvgIpc) is 3.81. The van der Waals surface area contributed by atoms with Gasteiger partial charge in [0, 0.05) is 63.3 Å². The number of thiophene rings is 4. The van der Waals surface area contributed by atoms with Gasteiger partial charge in [-0.2, -0.15) is 0 Å². The number of benzene rings is 4. The number of carbonyl (C=O) groups is 4. The van der Waals surface area contributed by atoms with Gasteiger partial charge in [0.25, 0.3) is 0 Å². The fourth-order valence-corrected chi connectivity index (χ4v) is 12.6. The summed E-state index contributed by atoms with van der Waals surface area (Å²) in [4.78, 5) is 51.9. The summed E-state index contributed by atoms with van der Waals surface area (Å²) in [7, 11) is 0. The van der Waals surface area contributed by atoms with Crippen LogP contribution in [0, 0.1) is 0 Å². The van der Waals surface area contributed by atoms with Crippen molar-refractivity contribution in [2.45, 2.75) is 0 Å². The van der Waals surface area contributed by atoms with E-state index in [1.807, 2.05) is 72.8 Å². The monoisotopic (exact) mass is 952 g/mol. The molecule has 2 aliphatic carbocycles. The number of rotatable bonds is 0. The molecule has 0 fully saturated rings. The summed E-state index contributed by atoms with van der Waals surface area (Å²) in [5.74, 6) is -0.295. The van der Waals surface area contributed by atoms with Crippen molar-refractivity contribution in [1.82, 2.24) is 0 Å². The minimum atomic E-state index is -0.0759. The maximum Gasteiger partial charge on any atom is 0.194 e. The first kappa shape index (κ1) is 31.3. The Hall–Kier alpha value is -2.68. The van der Waals surface area contributed by atoms with Crippen LogP contribution in [0.2, 0.25) is 0 Å². The third-order valence-electron chi connectivity index (χ3n) is 8.46. The molecule has 0 saturated carbocycles. The van der Waals surface area contributed by atoms with Crippen LogP contribution in [0.3, 0.4) is 0 Å². The van der Waals surface area contributed by atoms with Crippen LogP contribution >= 0.6 is 109 Å². The number of halogens is 4. The van der Waals surface area contributed by atoms with Crippen molar-refractivity contribution in [1.29, 1.82) is 0 Å². The average molecular weight is 956 g/mol. The Morgan fingerprint density at radius 1 is 0.292 bits per heavy atom. The van der Waals surface area contributed by atoms with Gasteiger partial charge < -0.3 is 0 Å². The van der Waals surface area contributed by atoms with Crippen LogP contribution in [0.5, 0.6) is 0 Å². The van der Waals surface area contributed by atoms with E-state index in [4.69, 9.17) is 0 Å². The molecule has 48 heavy (non-hydrogen) atoms. The first-order valence-electron chi connectivity index (χ1n) is 14.1. The summed E-state index contributed by atoms with van der Waals surface area (Å²) in [6.45, 7) is 0. The van der Waals surface area contributed by atoms with Gasteiger partial charge in [-0.15, -0.1) is 45.3 Å². The highest BCUT2D eigenvalue weighted by Crippen LogP contribution is 2.41. The zero-order valence-corrected chi connectivity index (χ0v) is 33.3. The summed E-state index contributed by atoms with van der Waals surface area (Å²) in [6.07, 6.45) is 0. The van der Waals surface area contributed by atoms with E-state index in [0.29, 0.717) is 44.5 Å². The topological polar surface area (TPSA) is 68.3 Å². The molecule has 2 aliphatic rings. The summed E-state index contributed by atoms with van der Waals surface area (Å²) in [5.41, 5.74) is 4.01. The highest BCUT2D eigenvalue weighted by Gasteiger charge is 2.32. The van der Waals surface area contributed by atoms with Gasteiger partial charge in [-0.1, -0.05) is 0 Å². The van der Waals surface area contributed by atoms with Gasteiger partial charge >= 0.3 is 0 Å². The molecular formula is C36H12Br4O4S4. The minimum absolute atomic E-state index is 0.0718. The fourth-order valence-electron chi connectivity index (χ4n) is 6.30. The Labute approximate surface area is 320 Å². The molecule has 232 valence electrons. The summed E-state index contributed by atoms with van der Waals surface area (Å²) < 4.78 is 7.97. The molecule has 8 aromatic rings.